The first-order chi connectivity index (χ1) is 10.2. The fourth-order valence-electron chi connectivity index (χ4n) is 2.06. The molecule has 0 aliphatic heterocycles. The molecule has 1 aromatic carbocycles. The summed E-state index contributed by atoms with van der Waals surface area (Å²) in [6, 6.07) is 14.2. The van der Waals surface area contributed by atoms with Gasteiger partial charge in [-0.15, -0.1) is 0 Å². The number of carbonyl (C=O) groups excluding carboxylic acids is 1. The molecule has 1 saturated carbocycles. The number of amides is 1. The average Bonchev–Trinajstić information content (AvgIpc) is 3.30. The number of rotatable bonds is 5. The van der Waals surface area contributed by atoms with E-state index in [1.807, 2.05) is 43.3 Å². The summed E-state index contributed by atoms with van der Waals surface area (Å²) < 4.78 is 0. The van der Waals surface area contributed by atoms with Crippen molar-refractivity contribution in [2.75, 3.05) is 5.32 Å². The van der Waals surface area contributed by atoms with Gasteiger partial charge < -0.3 is 10.6 Å². The van der Waals surface area contributed by atoms with Crippen molar-refractivity contribution in [1.29, 1.82) is 0 Å². The van der Waals surface area contributed by atoms with E-state index in [1.54, 1.807) is 6.07 Å². The van der Waals surface area contributed by atoms with E-state index in [1.165, 1.54) is 18.4 Å². The number of nitrogens with zero attached hydrogens (tertiary/aromatic N) is 1. The van der Waals surface area contributed by atoms with Crippen LogP contribution < -0.4 is 10.6 Å². The molecule has 2 N–H and O–H groups in total. The van der Waals surface area contributed by atoms with E-state index < -0.39 is 0 Å². The zero-order chi connectivity index (χ0) is 14.7. The van der Waals surface area contributed by atoms with Crippen LogP contribution in [0.25, 0.3) is 0 Å². The second-order valence-electron chi connectivity index (χ2n) is 5.49. The third kappa shape index (κ3) is 3.81. The van der Waals surface area contributed by atoms with E-state index in [9.17, 15) is 4.79 Å². The predicted molar refractivity (Wildman–Crippen MR) is 83.2 cm³/mol. The van der Waals surface area contributed by atoms with E-state index in [2.05, 4.69) is 15.6 Å². The van der Waals surface area contributed by atoms with Gasteiger partial charge in [0.2, 0.25) is 0 Å². The van der Waals surface area contributed by atoms with Crippen LogP contribution in [-0.4, -0.2) is 16.9 Å². The molecule has 1 fully saturated rings. The Labute approximate surface area is 124 Å². The Balaban J connectivity index is 1.60. The fourth-order valence-corrected chi connectivity index (χ4v) is 2.06. The molecule has 0 atom stereocenters. The number of nitrogens with one attached hydrogen (secondary N) is 2. The number of benzene rings is 1. The Morgan fingerprint density at radius 2 is 1.95 bits per heavy atom. The Morgan fingerprint density at radius 1 is 1.19 bits per heavy atom. The van der Waals surface area contributed by atoms with Crippen molar-refractivity contribution < 1.29 is 4.79 Å². The van der Waals surface area contributed by atoms with E-state index >= 15 is 0 Å². The SMILES string of the molecule is Cc1ccc(CNC(=O)c2cccc(NC3CC3)n2)cc1. The molecule has 0 unspecified atom stereocenters. The quantitative estimate of drug-likeness (QED) is 0.886. The highest BCUT2D eigenvalue weighted by Crippen LogP contribution is 2.23. The Morgan fingerprint density at radius 3 is 2.67 bits per heavy atom. The van der Waals surface area contributed by atoms with Crippen LogP contribution in [-0.2, 0) is 6.54 Å². The fraction of sp³-hybridized carbons (Fsp3) is 0.294. The summed E-state index contributed by atoms with van der Waals surface area (Å²) in [6.07, 6.45) is 2.37. The molecular formula is C17H19N3O. The molecule has 1 heterocycles. The number of hydrogen-bond donors (Lipinski definition) is 2. The molecule has 1 aliphatic carbocycles. The molecule has 1 amide bonds. The van der Waals surface area contributed by atoms with Gasteiger partial charge in [0.1, 0.15) is 11.5 Å². The number of carbonyl (C=O) groups is 1. The molecule has 21 heavy (non-hydrogen) atoms. The Kier molecular flexibility index (Phi) is 3.86. The summed E-state index contributed by atoms with van der Waals surface area (Å²) in [7, 11) is 0. The zero-order valence-electron chi connectivity index (χ0n) is 12.1. The van der Waals surface area contributed by atoms with Gasteiger partial charge in [-0.05, 0) is 37.5 Å². The standard InChI is InChI=1S/C17H19N3O/c1-12-5-7-13(8-6-12)11-18-17(21)15-3-2-4-16(20-15)19-14-9-10-14/h2-8,14H,9-11H2,1H3,(H,18,21)(H,19,20). The first-order valence-corrected chi connectivity index (χ1v) is 7.28. The highest BCUT2D eigenvalue weighted by Gasteiger charge is 2.21. The van der Waals surface area contributed by atoms with E-state index in [0.717, 1.165) is 11.4 Å². The number of anilines is 1. The minimum atomic E-state index is -0.143. The summed E-state index contributed by atoms with van der Waals surface area (Å²) in [6.45, 7) is 2.56. The zero-order valence-corrected chi connectivity index (χ0v) is 12.1. The molecule has 3 rings (SSSR count). The van der Waals surface area contributed by atoms with Gasteiger partial charge in [-0.25, -0.2) is 4.98 Å². The minimum absolute atomic E-state index is 0.143. The molecule has 0 bridgehead atoms. The van der Waals surface area contributed by atoms with Crippen molar-refractivity contribution in [3.05, 3.63) is 59.3 Å². The number of aromatic nitrogens is 1. The second kappa shape index (κ2) is 5.95. The van der Waals surface area contributed by atoms with Crippen LogP contribution >= 0.6 is 0 Å². The van der Waals surface area contributed by atoms with Crippen LogP contribution in [0.2, 0.25) is 0 Å². The Hall–Kier alpha value is -2.36. The number of aryl methyl sites for hydroxylation is 1. The third-order valence-corrected chi connectivity index (χ3v) is 3.48. The van der Waals surface area contributed by atoms with Gasteiger partial charge in [-0.2, -0.15) is 0 Å². The van der Waals surface area contributed by atoms with E-state index in [0.29, 0.717) is 18.3 Å². The van der Waals surface area contributed by atoms with Gasteiger partial charge in [0.05, 0.1) is 0 Å². The van der Waals surface area contributed by atoms with E-state index in [-0.39, 0.29) is 5.91 Å². The summed E-state index contributed by atoms with van der Waals surface area (Å²) in [4.78, 5) is 16.5. The monoisotopic (exact) mass is 281 g/mol. The van der Waals surface area contributed by atoms with Gasteiger partial charge in [-0.1, -0.05) is 35.9 Å². The van der Waals surface area contributed by atoms with Crippen LogP contribution in [0.4, 0.5) is 5.82 Å². The molecule has 0 radical (unpaired) electrons. The number of hydrogen-bond acceptors (Lipinski definition) is 3. The lowest BCUT2D eigenvalue weighted by Crippen LogP contribution is -2.24. The smallest absolute Gasteiger partial charge is 0.270 e. The van der Waals surface area contributed by atoms with Crippen molar-refractivity contribution in [1.82, 2.24) is 10.3 Å². The normalized spacial score (nSPS) is 13.8. The molecule has 1 aliphatic rings. The summed E-state index contributed by atoms with van der Waals surface area (Å²) in [5.74, 6) is 0.635. The molecular weight excluding hydrogens is 262 g/mol. The van der Waals surface area contributed by atoms with Crippen molar-refractivity contribution in [2.45, 2.75) is 32.4 Å². The maximum atomic E-state index is 12.1. The molecule has 1 aromatic heterocycles. The van der Waals surface area contributed by atoms with Crippen LogP contribution in [0.3, 0.4) is 0 Å². The van der Waals surface area contributed by atoms with Gasteiger partial charge >= 0.3 is 0 Å². The predicted octanol–water partition coefficient (Wildman–Crippen LogP) is 2.89. The summed E-state index contributed by atoms with van der Waals surface area (Å²) >= 11 is 0. The maximum absolute atomic E-state index is 12.1. The lowest BCUT2D eigenvalue weighted by molar-refractivity contribution is 0.0946. The Bertz CT molecular complexity index is 633. The lowest BCUT2D eigenvalue weighted by Gasteiger charge is -2.07. The maximum Gasteiger partial charge on any atom is 0.270 e. The summed E-state index contributed by atoms with van der Waals surface area (Å²) in [5.41, 5.74) is 2.75. The van der Waals surface area contributed by atoms with Crippen LogP contribution in [0, 0.1) is 6.92 Å². The van der Waals surface area contributed by atoms with Gasteiger partial charge in [0, 0.05) is 12.6 Å². The van der Waals surface area contributed by atoms with Gasteiger partial charge in [0.15, 0.2) is 0 Å². The van der Waals surface area contributed by atoms with Crippen molar-refractivity contribution in [3.63, 3.8) is 0 Å². The average molecular weight is 281 g/mol. The molecule has 4 heteroatoms. The second-order valence-corrected chi connectivity index (χ2v) is 5.49. The molecule has 2 aromatic rings. The lowest BCUT2D eigenvalue weighted by atomic mass is 10.1. The van der Waals surface area contributed by atoms with Crippen LogP contribution in [0.15, 0.2) is 42.5 Å². The van der Waals surface area contributed by atoms with Gasteiger partial charge in [-0.3, -0.25) is 4.79 Å². The van der Waals surface area contributed by atoms with Gasteiger partial charge in [0.25, 0.3) is 5.91 Å². The molecule has 0 saturated heterocycles. The van der Waals surface area contributed by atoms with Crippen LogP contribution in [0.5, 0.6) is 0 Å². The molecule has 108 valence electrons. The van der Waals surface area contributed by atoms with Crippen molar-refractivity contribution in [3.8, 4) is 0 Å². The largest absolute Gasteiger partial charge is 0.367 e. The van der Waals surface area contributed by atoms with Crippen molar-refractivity contribution >= 4 is 11.7 Å². The topological polar surface area (TPSA) is 54.0 Å². The van der Waals surface area contributed by atoms with E-state index in [4.69, 9.17) is 0 Å². The molecule has 4 nitrogen and oxygen atoms in total. The third-order valence-electron chi connectivity index (χ3n) is 3.48. The highest BCUT2D eigenvalue weighted by atomic mass is 16.1. The first kappa shape index (κ1) is 13.6. The minimum Gasteiger partial charge on any atom is -0.367 e. The first-order valence-electron chi connectivity index (χ1n) is 7.28. The number of pyridine rings is 1. The molecule has 0 spiro atoms. The summed E-state index contributed by atoms with van der Waals surface area (Å²) in [5, 5.41) is 6.20. The van der Waals surface area contributed by atoms with Crippen LogP contribution in [0.1, 0.15) is 34.5 Å². The van der Waals surface area contributed by atoms with Crippen molar-refractivity contribution in [2.24, 2.45) is 0 Å². The highest BCUT2D eigenvalue weighted by molar-refractivity contribution is 5.92.